The molecule has 3 heterocycles. The zero-order valence-corrected chi connectivity index (χ0v) is 17.3. The van der Waals surface area contributed by atoms with Gasteiger partial charge in [0.05, 0.1) is 17.1 Å². The lowest BCUT2D eigenvalue weighted by Crippen LogP contribution is -2.22. The summed E-state index contributed by atoms with van der Waals surface area (Å²) < 4.78 is 2.09. The Kier molecular flexibility index (Phi) is 4.75. The van der Waals surface area contributed by atoms with Gasteiger partial charge in [0.1, 0.15) is 6.04 Å². The highest BCUT2D eigenvalue weighted by atomic mass is 15.4. The van der Waals surface area contributed by atoms with E-state index in [-0.39, 0.29) is 6.04 Å². The van der Waals surface area contributed by atoms with Crippen LogP contribution in [0.4, 0.5) is 5.82 Å². The van der Waals surface area contributed by atoms with Gasteiger partial charge in [-0.3, -0.25) is 4.98 Å². The van der Waals surface area contributed by atoms with Crippen molar-refractivity contribution in [3.8, 4) is 11.1 Å². The van der Waals surface area contributed by atoms with Gasteiger partial charge in [0.2, 0.25) is 0 Å². The van der Waals surface area contributed by atoms with E-state index in [1.807, 2.05) is 24.4 Å². The fraction of sp³-hybridized carbons (Fsp3) is 0.192. The van der Waals surface area contributed by atoms with Gasteiger partial charge in [-0.1, -0.05) is 67.6 Å². The molecular weight excluding hydrogens is 368 g/mol. The fourth-order valence-corrected chi connectivity index (χ4v) is 4.26. The topological polar surface area (TPSA) is 43.1 Å². The molecule has 1 aliphatic rings. The Hall–Kier alpha value is -3.53. The fourth-order valence-electron chi connectivity index (χ4n) is 4.26. The SMILES string of the molecule is CCc1nn2c(c1-c1ccccc1)N=C(c1ccccc1C)C[C@H]2c1ccccn1. The maximum absolute atomic E-state index is 5.19. The summed E-state index contributed by atoms with van der Waals surface area (Å²) in [4.78, 5) is 9.86. The van der Waals surface area contributed by atoms with Crippen LogP contribution in [0.15, 0.2) is 84.0 Å². The first-order valence-electron chi connectivity index (χ1n) is 10.5. The molecule has 5 rings (SSSR count). The van der Waals surface area contributed by atoms with Gasteiger partial charge >= 0.3 is 0 Å². The van der Waals surface area contributed by atoms with Crippen LogP contribution in [0, 0.1) is 6.92 Å². The number of pyridine rings is 1. The van der Waals surface area contributed by atoms with E-state index in [0.29, 0.717) is 0 Å². The summed E-state index contributed by atoms with van der Waals surface area (Å²) in [6.45, 7) is 4.30. The smallest absolute Gasteiger partial charge is 0.159 e. The predicted octanol–water partition coefficient (Wildman–Crippen LogP) is 5.93. The largest absolute Gasteiger partial charge is 0.259 e. The van der Waals surface area contributed by atoms with Gasteiger partial charge in [-0.2, -0.15) is 5.10 Å². The lowest BCUT2D eigenvalue weighted by molar-refractivity contribution is 0.516. The van der Waals surface area contributed by atoms with Crippen molar-refractivity contribution in [3.63, 3.8) is 0 Å². The molecule has 4 nitrogen and oxygen atoms in total. The first-order valence-corrected chi connectivity index (χ1v) is 10.5. The monoisotopic (exact) mass is 392 g/mol. The van der Waals surface area contributed by atoms with Crippen LogP contribution in [-0.2, 0) is 6.42 Å². The molecule has 2 aromatic heterocycles. The van der Waals surface area contributed by atoms with E-state index in [4.69, 9.17) is 10.1 Å². The molecule has 0 saturated heterocycles. The highest BCUT2D eigenvalue weighted by Crippen LogP contribution is 2.41. The average Bonchev–Trinajstić information content (AvgIpc) is 3.18. The van der Waals surface area contributed by atoms with Crippen LogP contribution in [0.5, 0.6) is 0 Å². The van der Waals surface area contributed by atoms with Crippen LogP contribution in [-0.4, -0.2) is 20.5 Å². The second-order valence-electron chi connectivity index (χ2n) is 7.66. The molecule has 148 valence electrons. The van der Waals surface area contributed by atoms with Crippen LogP contribution < -0.4 is 0 Å². The Labute approximate surface area is 177 Å². The third-order valence-electron chi connectivity index (χ3n) is 5.76. The highest BCUT2D eigenvalue weighted by Gasteiger charge is 2.31. The maximum Gasteiger partial charge on any atom is 0.159 e. The number of hydrogen-bond acceptors (Lipinski definition) is 3. The molecule has 30 heavy (non-hydrogen) atoms. The number of benzene rings is 2. The van der Waals surface area contributed by atoms with Crippen molar-refractivity contribution in [2.24, 2.45) is 4.99 Å². The third-order valence-corrected chi connectivity index (χ3v) is 5.76. The van der Waals surface area contributed by atoms with E-state index in [1.54, 1.807) is 0 Å². The number of aryl methyl sites for hydroxylation is 2. The van der Waals surface area contributed by atoms with Crippen molar-refractivity contribution in [1.29, 1.82) is 0 Å². The Morgan fingerprint density at radius 1 is 0.933 bits per heavy atom. The van der Waals surface area contributed by atoms with Crippen molar-refractivity contribution < 1.29 is 0 Å². The van der Waals surface area contributed by atoms with E-state index in [2.05, 4.69) is 78.1 Å². The van der Waals surface area contributed by atoms with Crippen molar-refractivity contribution >= 4 is 11.5 Å². The second kappa shape index (κ2) is 7.71. The first-order chi connectivity index (χ1) is 14.8. The van der Waals surface area contributed by atoms with Crippen LogP contribution in [0.3, 0.4) is 0 Å². The van der Waals surface area contributed by atoms with Gasteiger partial charge in [-0.15, -0.1) is 0 Å². The van der Waals surface area contributed by atoms with Crippen molar-refractivity contribution in [2.75, 3.05) is 0 Å². The van der Waals surface area contributed by atoms with Crippen LogP contribution >= 0.6 is 0 Å². The summed E-state index contributed by atoms with van der Waals surface area (Å²) in [5.41, 5.74) is 7.91. The maximum atomic E-state index is 5.19. The van der Waals surface area contributed by atoms with Crippen LogP contribution in [0.25, 0.3) is 11.1 Å². The van der Waals surface area contributed by atoms with Crippen LogP contribution in [0.2, 0.25) is 0 Å². The molecule has 0 aliphatic carbocycles. The Morgan fingerprint density at radius 3 is 2.43 bits per heavy atom. The van der Waals surface area contributed by atoms with Gasteiger partial charge in [0.25, 0.3) is 0 Å². The summed E-state index contributed by atoms with van der Waals surface area (Å²) in [7, 11) is 0. The molecule has 0 bridgehead atoms. The molecule has 0 fully saturated rings. The van der Waals surface area contributed by atoms with Crippen molar-refractivity contribution in [2.45, 2.75) is 32.7 Å². The minimum Gasteiger partial charge on any atom is -0.259 e. The van der Waals surface area contributed by atoms with E-state index in [1.165, 1.54) is 11.1 Å². The number of fused-ring (bicyclic) bond motifs is 1. The summed E-state index contributed by atoms with van der Waals surface area (Å²) in [5.74, 6) is 0.929. The zero-order chi connectivity index (χ0) is 20.5. The van der Waals surface area contributed by atoms with E-state index in [9.17, 15) is 0 Å². The standard InChI is InChI=1S/C26H24N4/c1-3-21-25(19-12-5-4-6-13-19)26-28-23(20-14-8-7-11-18(20)2)17-24(30(26)29-21)22-15-9-10-16-27-22/h4-16,24H,3,17H2,1-2H3/t24-/m0/s1. The number of nitrogens with zero attached hydrogens (tertiary/aromatic N) is 4. The van der Waals surface area contributed by atoms with Crippen molar-refractivity contribution in [3.05, 3.63) is 102 Å². The molecule has 0 unspecified atom stereocenters. The second-order valence-corrected chi connectivity index (χ2v) is 7.66. The normalized spacial score (nSPS) is 15.5. The highest BCUT2D eigenvalue weighted by molar-refractivity contribution is 6.05. The molecule has 4 aromatic rings. The Bertz CT molecular complexity index is 1210. The molecule has 1 aliphatic heterocycles. The van der Waals surface area contributed by atoms with Gasteiger partial charge in [0.15, 0.2) is 5.82 Å². The third kappa shape index (κ3) is 3.14. The minimum atomic E-state index is 0.0241. The van der Waals surface area contributed by atoms with Crippen LogP contribution in [0.1, 0.15) is 41.9 Å². The first kappa shape index (κ1) is 18.5. The van der Waals surface area contributed by atoms with Gasteiger partial charge in [-0.25, -0.2) is 9.67 Å². The number of rotatable bonds is 4. The minimum absolute atomic E-state index is 0.0241. The van der Waals surface area contributed by atoms with Gasteiger partial charge in [0, 0.05) is 18.2 Å². The summed E-state index contributed by atoms with van der Waals surface area (Å²) in [6, 6.07) is 25.1. The average molecular weight is 393 g/mol. The lowest BCUT2D eigenvalue weighted by Gasteiger charge is -2.25. The molecule has 0 spiro atoms. The quantitative estimate of drug-likeness (QED) is 0.432. The zero-order valence-electron chi connectivity index (χ0n) is 17.3. The number of aliphatic imine (C=N–C) groups is 1. The Morgan fingerprint density at radius 2 is 1.70 bits per heavy atom. The lowest BCUT2D eigenvalue weighted by atomic mass is 9.95. The Balaban J connectivity index is 1.77. The summed E-state index contributed by atoms with van der Waals surface area (Å²) in [5, 5.41) is 5.02. The molecule has 1 atom stereocenters. The molecule has 0 amide bonds. The molecule has 4 heteroatoms. The summed E-state index contributed by atoms with van der Waals surface area (Å²) >= 11 is 0. The van der Waals surface area contributed by atoms with Crippen molar-refractivity contribution in [1.82, 2.24) is 14.8 Å². The molecule has 2 aromatic carbocycles. The van der Waals surface area contributed by atoms with E-state index < -0.39 is 0 Å². The number of aromatic nitrogens is 3. The molecular formula is C26H24N4. The predicted molar refractivity (Wildman–Crippen MR) is 121 cm³/mol. The summed E-state index contributed by atoms with van der Waals surface area (Å²) in [6.07, 6.45) is 3.48. The molecule has 0 N–H and O–H groups in total. The van der Waals surface area contributed by atoms with Gasteiger partial charge in [-0.05, 0) is 42.2 Å². The van der Waals surface area contributed by atoms with Gasteiger partial charge < -0.3 is 0 Å². The molecule has 0 radical (unpaired) electrons. The van der Waals surface area contributed by atoms with E-state index in [0.717, 1.165) is 46.9 Å². The number of hydrogen-bond donors (Lipinski definition) is 0. The molecule has 0 saturated carbocycles. The van der Waals surface area contributed by atoms with E-state index >= 15 is 0 Å².